The Morgan fingerprint density at radius 2 is 2.44 bits per heavy atom. The third kappa shape index (κ3) is 2.99. The van der Waals surface area contributed by atoms with Gasteiger partial charge in [-0.15, -0.1) is 22.9 Å². The van der Waals surface area contributed by atoms with Crippen LogP contribution in [0, 0.1) is 0 Å². The summed E-state index contributed by atoms with van der Waals surface area (Å²) in [5.74, 6) is 0. The minimum Gasteiger partial charge on any atom is -0.299 e. The largest absolute Gasteiger partial charge is 0.299 e. The fourth-order valence-corrected chi connectivity index (χ4v) is 3.63. The standard InChI is InChI=1S/C13H20ClNS/c1-2-11-6-3-4-8-15(11)10-12(14)13-7-5-9-16-13/h5,7,9,11-12H,2-4,6,8,10H2,1H3. The van der Waals surface area contributed by atoms with Gasteiger partial charge in [0.2, 0.25) is 0 Å². The lowest BCUT2D eigenvalue weighted by Crippen LogP contribution is -2.40. The van der Waals surface area contributed by atoms with Crippen molar-refractivity contribution in [2.75, 3.05) is 13.1 Å². The van der Waals surface area contributed by atoms with Crippen molar-refractivity contribution in [3.05, 3.63) is 22.4 Å². The van der Waals surface area contributed by atoms with Crippen LogP contribution >= 0.6 is 22.9 Å². The van der Waals surface area contributed by atoms with Gasteiger partial charge in [0.15, 0.2) is 0 Å². The minimum absolute atomic E-state index is 0.173. The number of piperidine rings is 1. The van der Waals surface area contributed by atoms with Gasteiger partial charge in [0.05, 0.1) is 5.38 Å². The summed E-state index contributed by atoms with van der Waals surface area (Å²) in [7, 11) is 0. The first-order chi connectivity index (χ1) is 7.81. The van der Waals surface area contributed by atoms with Gasteiger partial charge in [-0.1, -0.05) is 19.4 Å². The third-order valence-corrected chi connectivity index (χ3v) is 4.96. The molecule has 1 fully saturated rings. The van der Waals surface area contributed by atoms with Crippen LogP contribution in [0.25, 0.3) is 0 Å². The molecule has 0 saturated carbocycles. The lowest BCUT2D eigenvalue weighted by atomic mass is 10.00. The molecule has 0 radical (unpaired) electrons. The van der Waals surface area contributed by atoms with E-state index in [1.54, 1.807) is 11.3 Å². The second-order valence-corrected chi connectivity index (χ2v) is 6.04. The van der Waals surface area contributed by atoms with Gasteiger partial charge in [0.1, 0.15) is 0 Å². The zero-order valence-electron chi connectivity index (χ0n) is 9.86. The molecule has 2 heterocycles. The molecule has 16 heavy (non-hydrogen) atoms. The molecule has 2 atom stereocenters. The summed E-state index contributed by atoms with van der Waals surface area (Å²) in [6.45, 7) is 4.53. The van der Waals surface area contributed by atoms with Gasteiger partial charge in [-0.2, -0.15) is 0 Å². The van der Waals surface area contributed by atoms with E-state index in [0.717, 1.165) is 12.6 Å². The molecule has 0 aromatic carbocycles. The van der Waals surface area contributed by atoms with Crippen molar-refractivity contribution in [2.24, 2.45) is 0 Å². The Morgan fingerprint density at radius 3 is 3.12 bits per heavy atom. The fraction of sp³-hybridized carbons (Fsp3) is 0.692. The highest BCUT2D eigenvalue weighted by molar-refractivity contribution is 7.10. The van der Waals surface area contributed by atoms with Crippen LogP contribution in [0.1, 0.15) is 42.9 Å². The van der Waals surface area contributed by atoms with Crippen molar-refractivity contribution in [3.8, 4) is 0 Å². The number of nitrogens with zero attached hydrogens (tertiary/aromatic N) is 1. The van der Waals surface area contributed by atoms with Gasteiger partial charge in [-0.3, -0.25) is 4.90 Å². The normalized spacial score (nSPS) is 24.5. The molecule has 0 spiro atoms. The van der Waals surface area contributed by atoms with E-state index in [1.807, 2.05) is 0 Å². The Hall–Kier alpha value is -0.0500. The van der Waals surface area contributed by atoms with E-state index < -0.39 is 0 Å². The van der Waals surface area contributed by atoms with E-state index in [2.05, 4.69) is 29.3 Å². The first kappa shape index (κ1) is 12.4. The van der Waals surface area contributed by atoms with Crippen molar-refractivity contribution < 1.29 is 0 Å². The van der Waals surface area contributed by atoms with Crippen LogP contribution in [0.4, 0.5) is 0 Å². The first-order valence-corrected chi connectivity index (χ1v) is 7.54. The van der Waals surface area contributed by atoms with Crippen LogP contribution in [-0.2, 0) is 0 Å². The molecule has 2 rings (SSSR count). The van der Waals surface area contributed by atoms with E-state index in [9.17, 15) is 0 Å². The molecule has 2 unspecified atom stereocenters. The Kier molecular flexibility index (Phi) is 4.68. The highest BCUT2D eigenvalue weighted by Gasteiger charge is 2.23. The Bertz CT molecular complexity index is 299. The molecular weight excluding hydrogens is 238 g/mol. The number of rotatable bonds is 4. The topological polar surface area (TPSA) is 3.24 Å². The Labute approximate surface area is 107 Å². The maximum absolute atomic E-state index is 6.47. The van der Waals surface area contributed by atoms with Crippen LogP contribution in [0.2, 0.25) is 0 Å². The predicted molar refractivity (Wildman–Crippen MR) is 72.4 cm³/mol. The maximum atomic E-state index is 6.47. The monoisotopic (exact) mass is 257 g/mol. The van der Waals surface area contributed by atoms with Crippen molar-refractivity contribution in [1.82, 2.24) is 4.90 Å². The number of hydrogen-bond donors (Lipinski definition) is 0. The van der Waals surface area contributed by atoms with Crippen molar-refractivity contribution in [3.63, 3.8) is 0 Å². The summed E-state index contributed by atoms with van der Waals surface area (Å²) in [4.78, 5) is 3.89. The second kappa shape index (κ2) is 6.04. The first-order valence-electron chi connectivity index (χ1n) is 6.22. The van der Waals surface area contributed by atoms with E-state index in [1.165, 1.54) is 37.1 Å². The quantitative estimate of drug-likeness (QED) is 0.728. The van der Waals surface area contributed by atoms with Crippen LogP contribution in [0.5, 0.6) is 0 Å². The number of hydrogen-bond acceptors (Lipinski definition) is 2. The molecule has 3 heteroatoms. The van der Waals surface area contributed by atoms with E-state index >= 15 is 0 Å². The van der Waals surface area contributed by atoms with E-state index in [4.69, 9.17) is 11.6 Å². The van der Waals surface area contributed by atoms with Gasteiger partial charge in [0.25, 0.3) is 0 Å². The van der Waals surface area contributed by atoms with Crippen molar-refractivity contribution >= 4 is 22.9 Å². The van der Waals surface area contributed by atoms with Crippen molar-refractivity contribution in [1.29, 1.82) is 0 Å². The van der Waals surface area contributed by atoms with Gasteiger partial charge in [-0.05, 0) is 37.3 Å². The zero-order valence-corrected chi connectivity index (χ0v) is 11.4. The molecule has 1 aromatic heterocycles. The summed E-state index contributed by atoms with van der Waals surface area (Å²) in [5, 5.41) is 2.28. The third-order valence-electron chi connectivity index (χ3n) is 3.47. The summed E-state index contributed by atoms with van der Waals surface area (Å²) in [6, 6.07) is 4.99. The zero-order chi connectivity index (χ0) is 11.4. The molecule has 0 bridgehead atoms. The number of likely N-dealkylation sites (tertiary alicyclic amines) is 1. The van der Waals surface area contributed by atoms with E-state index in [-0.39, 0.29) is 5.38 Å². The van der Waals surface area contributed by atoms with Gasteiger partial charge < -0.3 is 0 Å². The lowest BCUT2D eigenvalue weighted by molar-refractivity contribution is 0.144. The molecule has 1 saturated heterocycles. The van der Waals surface area contributed by atoms with Crippen LogP contribution < -0.4 is 0 Å². The molecular formula is C13H20ClNS. The predicted octanol–water partition coefficient (Wildman–Crippen LogP) is 4.29. The maximum Gasteiger partial charge on any atom is 0.0805 e. The second-order valence-electron chi connectivity index (χ2n) is 4.54. The van der Waals surface area contributed by atoms with Gasteiger partial charge >= 0.3 is 0 Å². The van der Waals surface area contributed by atoms with E-state index in [0.29, 0.717) is 0 Å². The molecule has 1 aliphatic rings. The number of thiophene rings is 1. The molecule has 1 aromatic rings. The number of alkyl halides is 1. The molecule has 1 aliphatic heterocycles. The van der Waals surface area contributed by atoms with Crippen LogP contribution in [-0.4, -0.2) is 24.0 Å². The Balaban J connectivity index is 1.92. The highest BCUT2D eigenvalue weighted by atomic mass is 35.5. The highest BCUT2D eigenvalue weighted by Crippen LogP contribution is 2.29. The van der Waals surface area contributed by atoms with Gasteiger partial charge in [-0.25, -0.2) is 0 Å². The number of halogens is 1. The summed E-state index contributed by atoms with van der Waals surface area (Å²) < 4.78 is 0. The summed E-state index contributed by atoms with van der Waals surface area (Å²) in [5.41, 5.74) is 0. The molecule has 90 valence electrons. The van der Waals surface area contributed by atoms with Crippen molar-refractivity contribution in [2.45, 2.75) is 44.0 Å². The summed E-state index contributed by atoms with van der Waals surface area (Å²) >= 11 is 8.24. The SMILES string of the molecule is CCC1CCCCN1CC(Cl)c1cccs1. The minimum atomic E-state index is 0.173. The van der Waals surface area contributed by atoms with Crippen LogP contribution in [0.15, 0.2) is 17.5 Å². The molecule has 0 N–H and O–H groups in total. The lowest BCUT2D eigenvalue weighted by Gasteiger charge is -2.36. The van der Waals surface area contributed by atoms with Gasteiger partial charge in [0, 0.05) is 17.5 Å². The molecule has 0 amide bonds. The summed E-state index contributed by atoms with van der Waals surface area (Å²) in [6.07, 6.45) is 5.34. The average Bonchev–Trinajstić information content (AvgIpc) is 2.83. The molecule has 0 aliphatic carbocycles. The molecule has 1 nitrogen and oxygen atoms in total. The smallest absolute Gasteiger partial charge is 0.0805 e. The average molecular weight is 258 g/mol. The van der Waals surface area contributed by atoms with Crippen LogP contribution in [0.3, 0.4) is 0 Å². The fourth-order valence-electron chi connectivity index (χ4n) is 2.53. The Morgan fingerprint density at radius 1 is 1.56 bits per heavy atom.